The van der Waals surface area contributed by atoms with Crippen LogP contribution in [0.1, 0.15) is 24.2 Å². The molecule has 1 aliphatic carbocycles. The second-order valence-corrected chi connectivity index (χ2v) is 12.8. The minimum absolute atomic E-state index is 0.0683. The standard InChI is InChI=1S/C25H23ClN4O4S2/c1-15-29-21-11-18(27-12-16-2-3-16)5-6-20(21)25(32)30(15)23-8-4-17(13-28-23)10-19(31)14-36(33,34)24-9-7-22(26)35-24/h4-9,11,13,16,27H,2-3,10,12,14H2,1H3. The molecular weight excluding hydrogens is 520 g/mol. The summed E-state index contributed by atoms with van der Waals surface area (Å²) in [6.07, 6.45) is 3.90. The van der Waals surface area contributed by atoms with Crippen LogP contribution in [0.4, 0.5) is 5.69 Å². The maximum Gasteiger partial charge on any atom is 0.267 e. The second kappa shape index (κ2) is 9.76. The number of anilines is 1. The molecule has 11 heteroatoms. The smallest absolute Gasteiger partial charge is 0.267 e. The number of sulfone groups is 1. The van der Waals surface area contributed by atoms with Crippen molar-refractivity contribution in [2.75, 3.05) is 17.6 Å². The number of carbonyl (C=O) groups is 1. The van der Waals surface area contributed by atoms with Crippen LogP contribution in [0.25, 0.3) is 16.7 Å². The topological polar surface area (TPSA) is 111 Å². The fraction of sp³-hybridized carbons (Fsp3) is 0.280. The number of aryl methyl sites for hydroxylation is 1. The van der Waals surface area contributed by atoms with Gasteiger partial charge in [0.2, 0.25) is 0 Å². The molecule has 4 aromatic rings. The first-order valence-corrected chi connectivity index (χ1v) is 14.3. The summed E-state index contributed by atoms with van der Waals surface area (Å²) in [4.78, 5) is 34.6. The summed E-state index contributed by atoms with van der Waals surface area (Å²) in [7, 11) is -3.74. The lowest BCUT2D eigenvalue weighted by Gasteiger charge is -2.12. The van der Waals surface area contributed by atoms with E-state index in [1.807, 2.05) is 12.1 Å². The van der Waals surface area contributed by atoms with E-state index in [1.54, 1.807) is 25.1 Å². The molecule has 1 aromatic carbocycles. The van der Waals surface area contributed by atoms with Crippen molar-refractivity contribution >= 4 is 55.1 Å². The third kappa shape index (κ3) is 5.35. The highest BCUT2D eigenvalue weighted by molar-refractivity contribution is 7.94. The number of thiophene rings is 1. The Hall–Kier alpha value is -3.08. The Morgan fingerprint density at radius 2 is 2.00 bits per heavy atom. The predicted molar refractivity (Wildman–Crippen MR) is 141 cm³/mol. The molecule has 0 amide bonds. The summed E-state index contributed by atoms with van der Waals surface area (Å²) in [5.74, 6) is 0.526. The van der Waals surface area contributed by atoms with Gasteiger partial charge in [-0.15, -0.1) is 11.3 Å². The van der Waals surface area contributed by atoms with E-state index < -0.39 is 21.4 Å². The van der Waals surface area contributed by atoms with Gasteiger partial charge in [-0.05, 0) is 67.6 Å². The fourth-order valence-electron chi connectivity index (χ4n) is 3.94. The summed E-state index contributed by atoms with van der Waals surface area (Å²) >= 11 is 6.74. The van der Waals surface area contributed by atoms with Gasteiger partial charge < -0.3 is 5.32 Å². The molecule has 1 N–H and O–H groups in total. The zero-order valence-corrected chi connectivity index (χ0v) is 21.8. The first-order chi connectivity index (χ1) is 17.2. The molecule has 1 aliphatic rings. The van der Waals surface area contributed by atoms with E-state index in [-0.39, 0.29) is 16.2 Å². The Morgan fingerprint density at radius 3 is 2.67 bits per heavy atom. The van der Waals surface area contributed by atoms with Crippen LogP contribution in [0, 0.1) is 12.8 Å². The van der Waals surface area contributed by atoms with Crippen LogP contribution in [-0.4, -0.2) is 41.0 Å². The molecule has 3 heterocycles. The van der Waals surface area contributed by atoms with E-state index in [9.17, 15) is 18.0 Å². The number of halogens is 1. The summed E-state index contributed by atoms with van der Waals surface area (Å²) in [5.41, 5.74) is 1.87. The number of hydrogen-bond acceptors (Lipinski definition) is 8. The number of pyridine rings is 1. The molecule has 5 rings (SSSR count). The van der Waals surface area contributed by atoms with E-state index in [0.29, 0.717) is 32.4 Å². The fourth-order valence-corrected chi connectivity index (χ4v) is 6.75. The second-order valence-electron chi connectivity index (χ2n) is 8.91. The van der Waals surface area contributed by atoms with Gasteiger partial charge in [-0.25, -0.2) is 23.0 Å². The Labute approximate surface area is 216 Å². The van der Waals surface area contributed by atoms with Gasteiger partial charge in [-0.1, -0.05) is 17.7 Å². The van der Waals surface area contributed by atoms with E-state index in [4.69, 9.17) is 11.6 Å². The van der Waals surface area contributed by atoms with E-state index >= 15 is 0 Å². The molecule has 36 heavy (non-hydrogen) atoms. The first kappa shape index (κ1) is 24.6. The van der Waals surface area contributed by atoms with Gasteiger partial charge in [0, 0.05) is 24.8 Å². The average molecular weight is 543 g/mol. The molecule has 8 nitrogen and oxygen atoms in total. The maximum absolute atomic E-state index is 13.2. The Balaban J connectivity index is 1.32. The lowest BCUT2D eigenvalue weighted by molar-refractivity contribution is -0.116. The van der Waals surface area contributed by atoms with Crippen LogP contribution in [0.15, 0.2) is 57.7 Å². The number of ketones is 1. The Bertz CT molecular complexity index is 1620. The van der Waals surface area contributed by atoms with Gasteiger partial charge in [0.15, 0.2) is 15.6 Å². The van der Waals surface area contributed by atoms with Gasteiger partial charge in [-0.3, -0.25) is 9.59 Å². The van der Waals surface area contributed by atoms with Crippen molar-refractivity contribution in [2.24, 2.45) is 5.92 Å². The number of Topliss-reactive ketones (excluding diaryl/α,β-unsaturated/α-hetero) is 1. The van der Waals surface area contributed by atoms with Crippen LogP contribution in [0.5, 0.6) is 0 Å². The predicted octanol–water partition coefficient (Wildman–Crippen LogP) is 4.21. The summed E-state index contributed by atoms with van der Waals surface area (Å²) in [5, 5.41) is 3.88. The molecule has 0 spiro atoms. The van der Waals surface area contributed by atoms with Crippen molar-refractivity contribution in [3.63, 3.8) is 0 Å². The third-order valence-corrected chi connectivity index (χ3v) is 9.46. The van der Waals surface area contributed by atoms with Crippen LogP contribution in [0.3, 0.4) is 0 Å². The van der Waals surface area contributed by atoms with Crippen LogP contribution < -0.4 is 10.9 Å². The highest BCUT2D eigenvalue weighted by atomic mass is 35.5. The molecule has 3 aromatic heterocycles. The summed E-state index contributed by atoms with van der Waals surface area (Å²) in [6, 6.07) is 11.7. The SMILES string of the molecule is Cc1nc2cc(NCC3CC3)ccc2c(=O)n1-c1ccc(CC(=O)CS(=O)(=O)c2ccc(Cl)s2)cn1. The van der Waals surface area contributed by atoms with Gasteiger partial charge in [0.05, 0.1) is 15.2 Å². The number of nitrogens with zero attached hydrogens (tertiary/aromatic N) is 3. The van der Waals surface area contributed by atoms with Crippen molar-refractivity contribution in [3.8, 4) is 5.82 Å². The van der Waals surface area contributed by atoms with Crippen LogP contribution >= 0.6 is 22.9 Å². The van der Waals surface area contributed by atoms with E-state index in [2.05, 4.69) is 15.3 Å². The third-order valence-electron chi connectivity index (χ3n) is 5.97. The molecule has 0 unspecified atom stereocenters. The lowest BCUT2D eigenvalue weighted by Crippen LogP contribution is -2.23. The normalized spacial score (nSPS) is 13.7. The quantitative estimate of drug-likeness (QED) is 0.337. The number of hydrogen-bond donors (Lipinski definition) is 1. The molecule has 1 fully saturated rings. The summed E-state index contributed by atoms with van der Waals surface area (Å²) in [6.45, 7) is 2.67. The lowest BCUT2D eigenvalue weighted by atomic mass is 10.1. The highest BCUT2D eigenvalue weighted by Crippen LogP contribution is 2.29. The van der Waals surface area contributed by atoms with Crippen LogP contribution in [-0.2, 0) is 21.1 Å². The molecule has 0 radical (unpaired) electrons. The molecule has 0 atom stereocenters. The average Bonchev–Trinajstić information content (AvgIpc) is 3.55. The Kier molecular flexibility index (Phi) is 6.67. The zero-order chi connectivity index (χ0) is 25.4. The van der Waals surface area contributed by atoms with Crippen molar-refractivity contribution in [3.05, 3.63) is 74.7 Å². The van der Waals surface area contributed by atoms with Gasteiger partial charge >= 0.3 is 0 Å². The molecule has 1 saturated carbocycles. The van der Waals surface area contributed by atoms with Crippen molar-refractivity contribution in [1.29, 1.82) is 0 Å². The zero-order valence-electron chi connectivity index (χ0n) is 19.4. The number of aromatic nitrogens is 3. The van der Waals surface area contributed by atoms with Crippen LogP contribution in [0.2, 0.25) is 4.34 Å². The van der Waals surface area contributed by atoms with Crippen molar-refractivity contribution < 1.29 is 13.2 Å². The monoisotopic (exact) mass is 542 g/mol. The largest absolute Gasteiger partial charge is 0.385 e. The van der Waals surface area contributed by atoms with Gasteiger partial charge in [-0.2, -0.15) is 0 Å². The first-order valence-electron chi connectivity index (χ1n) is 11.4. The molecule has 0 aliphatic heterocycles. The van der Waals surface area contributed by atoms with Crippen molar-refractivity contribution in [2.45, 2.75) is 30.4 Å². The number of benzene rings is 1. The minimum Gasteiger partial charge on any atom is -0.385 e. The maximum atomic E-state index is 13.2. The molecule has 0 bridgehead atoms. The number of nitrogens with one attached hydrogen (secondary N) is 1. The molecular formula is C25H23ClN4O4S2. The number of rotatable bonds is 9. The number of carbonyl (C=O) groups excluding carboxylic acids is 1. The molecule has 0 saturated heterocycles. The van der Waals surface area contributed by atoms with Crippen molar-refractivity contribution in [1.82, 2.24) is 14.5 Å². The van der Waals surface area contributed by atoms with Gasteiger partial charge in [0.25, 0.3) is 5.56 Å². The molecule has 186 valence electrons. The Morgan fingerprint density at radius 1 is 1.19 bits per heavy atom. The summed E-state index contributed by atoms with van der Waals surface area (Å²) < 4.78 is 26.7. The van der Waals surface area contributed by atoms with Gasteiger partial charge in [0.1, 0.15) is 21.6 Å². The number of fused-ring (bicyclic) bond motifs is 1. The van der Waals surface area contributed by atoms with E-state index in [1.165, 1.54) is 35.7 Å². The highest BCUT2D eigenvalue weighted by Gasteiger charge is 2.22. The minimum atomic E-state index is -3.74. The van der Waals surface area contributed by atoms with E-state index in [0.717, 1.165) is 29.5 Å².